The van der Waals surface area contributed by atoms with Crippen molar-refractivity contribution in [1.82, 2.24) is 19.9 Å². The SMILES string of the molecule is Cc1c(C(=O)N[C@H]2CC[C@@H](Nc3nccc(N(C)C)n3)CC2)cc(-c2ccccc2)n1-c1ccccc1. The van der Waals surface area contributed by atoms with Gasteiger partial charge in [-0.1, -0.05) is 48.5 Å². The Hall–Kier alpha value is -4.13. The molecule has 5 rings (SSSR count). The predicted molar refractivity (Wildman–Crippen MR) is 149 cm³/mol. The van der Waals surface area contributed by atoms with E-state index in [4.69, 9.17) is 0 Å². The molecule has 7 heteroatoms. The van der Waals surface area contributed by atoms with Gasteiger partial charge < -0.3 is 20.1 Å². The highest BCUT2D eigenvalue weighted by Gasteiger charge is 2.26. The number of rotatable bonds is 7. The zero-order valence-electron chi connectivity index (χ0n) is 21.7. The van der Waals surface area contributed by atoms with Crippen molar-refractivity contribution in [1.29, 1.82) is 0 Å². The Balaban J connectivity index is 1.28. The number of carbonyl (C=O) groups excluding carboxylic acids is 1. The highest BCUT2D eigenvalue weighted by atomic mass is 16.1. The van der Waals surface area contributed by atoms with Crippen LogP contribution >= 0.6 is 0 Å². The molecule has 1 aliphatic carbocycles. The quantitative estimate of drug-likeness (QED) is 0.357. The number of carbonyl (C=O) groups is 1. The van der Waals surface area contributed by atoms with Crippen LogP contribution in [0.25, 0.3) is 16.9 Å². The third-order valence-electron chi connectivity index (χ3n) is 7.07. The molecular formula is C30H34N6O. The van der Waals surface area contributed by atoms with Crippen molar-refractivity contribution in [2.75, 3.05) is 24.3 Å². The number of anilines is 2. The largest absolute Gasteiger partial charge is 0.363 e. The van der Waals surface area contributed by atoms with Crippen LogP contribution in [0.5, 0.6) is 0 Å². The highest BCUT2D eigenvalue weighted by molar-refractivity contribution is 5.97. The Morgan fingerprint density at radius 1 is 0.919 bits per heavy atom. The minimum atomic E-state index is -0.0113. The first-order chi connectivity index (χ1) is 18.0. The average molecular weight is 495 g/mol. The van der Waals surface area contributed by atoms with E-state index < -0.39 is 0 Å². The molecule has 190 valence electrons. The average Bonchev–Trinajstić information content (AvgIpc) is 3.28. The van der Waals surface area contributed by atoms with Crippen LogP contribution in [-0.2, 0) is 0 Å². The van der Waals surface area contributed by atoms with Crippen LogP contribution in [0, 0.1) is 6.92 Å². The number of aromatic nitrogens is 3. The third-order valence-corrected chi connectivity index (χ3v) is 7.07. The second-order valence-corrected chi connectivity index (χ2v) is 9.86. The van der Waals surface area contributed by atoms with Crippen molar-refractivity contribution in [3.8, 4) is 16.9 Å². The number of nitrogens with zero attached hydrogens (tertiary/aromatic N) is 4. The lowest BCUT2D eigenvalue weighted by atomic mass is 9.91. The molecule has 1 fully saturated rings. The summed E-state index contributed by atoms with van der Waals surface area (Å²) >= 11 is 0. The number of para-hydroxylation sites is 1. The number of amides is 1. The van der Waals surface area contributed by atoms with E-state index in [1.54, 1.807) is 6.20 Å². The van der Waals surface area contributed by atoms with Crippen molar-refractivity contribution in [2.24, 2.45) is 0 Å². The summed E-state index contributed by atoms with van der Waals surface area (Å²) in [6, 6.07) is 24.8. The lowest BCUT2D eigenvalue weighted by Crippen LogP contribution is -2.40. The molecule has 2 N–H and O–H groups in total. The second kappa shape index (κ2) is 10.9. The van der Waals surface area contributed by atoms with Crippen LogP contribution in [0.4, 0.5) is 11.8 Å². The Morgan fingerprint density at radius 3 is 2.24 bits per heavy atom. The van der Waals surface area contributed by atoms with Crippen molar-refractivity contribution >= 4 is 17.7 Å². The molecule has 0 radical (unpaired) electrons. The summed E-state index contributed by atoms with van der Waals surface area (Å²) in [7, 11) is 3.94. The number of hydrogen-bond donors (Lipinski definition) is 2. The molecule has 37 heavy (non-hydrogen) atoms. The van der Waals surface area contributed by atoms with E-state index in [1.165, 1.54) is 0 Å². The lowest BCUT2D eigenvalue weighted by molar-refractivity contribution is 0.0926. The van der Waals surface area contributed by atoms with Crippen LogP contribution in [0.2, 0.25) is 0 Å². The molecule has 2 heterocycles. The lowest BCUT2D eigenvalue weighted by Gasteiger charge is -2.29. The first-order valence-electron chi connectivity index (χ1n) is 12.9. The molecule has 0 atom stereocenters. The summed E-state index contributed by atoms with van der Waals surface area (Å²) in [5, 5.41) is 6.78. The smallest absolute Gasteiger partial charge is 0.253 e. The zero-order chi connectivity index (χ0) is 25.8. The van der Waals surface area contributed by atoms with Gasteiger partial charge in [-0.2, -0.15) is 4.98 Å². The molecule has 2 aromatic heterocycles. The molecule has 0 saturated heterocycles. The Morgan fingerprint density at radius 2 is 1.57 bits per heavy atom. The summed E-state index contributed by atoms with van der Waals surface area (Å²) in [6.45, 7) is 2.02. The molecule has 1 amide bonds. The summed E-state index contributed by atoms with van der Waals surface area (Å²) in [5.74, 6) is 1.53. The molecule has 1 aliphatic rings. The molecule has 0 bridgehead atoms. The van der Waals surface area contributed by atoms with Gasteiger partial charge in [-0.05, 0) is 62.4 Å². The molecule has 0 spiro atoms. The van der Waals surface area contributed by atoms with Crippen LogP contribution in [-0.4, -0.2) is 46.6 Å². The van der Waals surface area contributed by atoms with Gasteiger partial charge in [-0.25, -0.2) is 4.98 Å². The van der Waals surface area contributed by atoms with Gasteiger partial charge in [-0.3, -0.25) is 4.79 Å². The van der Waals surface area contributed by atoms with Crippen LogP contribution in [0.15, 0.2) is 79.0 Å². The van der Waals surface area contributed by atoms with Crippen molar-refractivity contribution in [2.45, 2.75) is 44.7 Å². The first-order valence-corrected chi connectivity index (χ1v) is 12.9. The van der Waals surface area contributed by atoms with Gasteiger partial charge in [0.05, 0.1) is 11.3 Å². The van der Waals surface area contributed by atoms with E-state index in [1.807, 2.05) is 74.4 Å². The number of benzene rings is 2. The number of hydrogen-bond acceptors (Lipinski definition) is 5. The van der Waals surface area contributed by atoms with Gasteiger partial charge in [-0.15, -0.1) is 0 Å². The molecule has 7 nitrogen and oxygen atoms in total. The van der Waals surface area contributed by atoms with E-state index in [0.29, 0.717) is 12.0 Å². The maximum absolute atomic E-state index is 13.5. The summed E-state index contributed by atoms with van der Waals surface area (Å²) in [5.41, 5.74) is 4.81. The fourth-order valence-corrected chi connectivity index (χ4v) is 5.06. The maximum atomic E-state index is 13.5. The predicted octanol–water partition coefficient (Wildman–Crippen LogP) is 5.46. The zero-order valence-corrected chi connectivity index (χ0v) is 21.7. The normalized spacial score (nSPS) is 17.3. The Bertz CT molecular complexity index is 1340. The van der Waals surface area contributed by atoms with Crippen molar-refractivity contribution < 1.29 is 4.79 Å². The highest BCUT2D eigenvalue weighted by Crippen LogP contribution is 2.30. The van der Waals surface area contributed by atoms with E-state index in [-0.39, 0.29) is 11.9 Å². The van der Waals surface area contributed by atoms with E-state index >= 15 is 0 Å². The molecule has 0 unspecified atom stereocenters. The van der Waals surface area contributed by atoms with Gasteiger partial charge in [0.2, 0.25) is 5.95 Å². The van der Waals surface area contributed by atoms with E-state index in [2.05, 4.69) is 49.4 Å². The van der Waals surface area contributed by atoms with E-state index in [0.717, 1.165) is 59.7 Å². The minimum Gasteiger partial charge on any atom is -0.363 e. The maximum Gasteiger partial charge on any atom is 0.253 e. The standard InChI is InChI=1S/C30H34N6O/c1-21-26(20-27(22-10-6-4-7-11-22)36(21)25-12-8-5-9-13-25)29(37)32-23-14-16-24(17-15-23)33-30-31-19-18-28(34-30)35(2)3/h4-13,18-20,23-24H,14-17H2,1-3H3,(H,32,37)(H,31,33,34)/t23-,24+. The molecule has 1 saturated carbocycles. The summed E-state index contributed by atoms with van der Waals surface area (Å²) in [6.07, 6.45) is 5.53. The number of nitrogens with one attached hydrogen (secondary N) is 2. The topological polar surface area (TPSA) is 75.1 Å². The van der Waals surface area contributed by atoms with Crippen molar-refractivity contribution in [3.63, 3.8) is 0 Å². The molecule has 4 aromatic rings. The van der Waals surface area contributed by atoms with Gasteiger partial charge in [0.1, 0.15) is 5.82 Å². The fraction of sp³-hybridized carbons (Fsp3) is 0.300. The van der Waals surface area contributed by atoms with Crippen LogP contribution < -0.4 is 15.5 Å². The minimum absolute atomic E-state index is 0.0113. The monoisotopic (exact) mass is 494 g/mol. The van der Waals surface area contributed by atoms with Gasteiger partial charge >= 0.3 is 0 Å². The first kappa shape index (κ1) is 24.6. The molecule has 0 aliphatic heterocycles. The van der Waals surface area contributed by atoms with Gasteiger partial charge in [0.25, 0.3) is 5.91 Å². The summed E-state index contributed by atoms with van der Waals surface area (Å²) in [4.78, 5) is 24.4. The Labute approximate surface area is 218 Å². The Kier molecular flexibility index (Phi) is 7.21. The van der Waals surface area contributed by atoms with Crippen LogP contribution in [0.3, 0.4) is 0 Å². The molecule has 2 aromatic carbocycles. The van der Waals surface area contributed by atoms with Crippen LogP contribution in [0.1, 0.15) is 41.7 Å². The van der Waals surface area contributed by atoms with Gasteiger partial charge in [0.15, 0.2) is 0 Å². The van der Waals surface area contributed by atoms with Gasteiger partial charge in [0, 0.05) is 43.8 Å². The van der Waals surface area contributed by atoms with Crippen molar-refractivity contribution in [3.05, 3.63) is 90.3 Å². The van der Waals surface area contributed by atoms with E-state index in [9.17, 15) is 4.79 Å². The third kappa shape index (κ3) is 5.50. The summed E-state index contributed by atoms with van der Waals surface area (Å²) < 4.78 is 2.17. The second-order valence-electron chi connectivity index (χ2n) is 9.86. The fourth-order valence-electron chi connectivity index (χ4n) is 5.06. The molecular weight excluding hydrogens is 460 g/mol.